The predicted octanol–water partition coefficient (Wildman–Crippen LogP) is 2.53. The van der Waals surface area contributed by atoms with Crippen LogP contribution in [0.1, 0.15) is 31.8 Å². The smallest absolute Gasteiger partial charge is 0.252 e. The standard InChI is InChI=1S/C25H26N4O4/c26-23(30)21-8-1-2-9-22(21)33-17-18-5-3-6-19(15-18)25(31)28-16-20-7-4-10-27-24(20)29-11-13-32-14-12-29/h1-10,15H,11-14,16-17H2,(H2,26,30)(H,28,31). The van der Waals surface area contributed by atoms with Gasteiger partial charge >= 0.3 is 0 Å². The molecule has 0 bridgehead atoms. The number of amides is 2. The lowest BCUT2D eigenvalue weighted by Gasteiger charge is -2.29. The number of nitrogens with two attached hydrogens (primary N) is 1. The molecule has 1 aliphatic rings. The molecule has 2 aromatic carbocycles. The number of hydrogen-bond donors (Lipinski definition) is 2. The molecule has 0 aliphatic carbocycles. The fraction of sp³-hybridized carbons (Fsp3) is 0.240. The maximum absolute atomic E-state index is 12.8. The van der Waals surface area contributed by atoms with Gasteiger partial charge in [0.25, 0.3) is 11.8 Å². The molecule has 2 amide bonds. The summed E-state index contributed by atoms with van der Waals surface area (Å²) >= 11 is 0. The Morgan fingerprint density at radius 3 is 2.70 bits per heavy atom. The van der Waals surface area contributed by atoms with Gasteiger partial charge in [0.05, 0.1) is 18.8 Å². The van der Waals surface area contributed by atoms with Gasteiger partial charge in [-0.05, 0) is 35.9 Å². The number of hydrogen-bond acceptors (Lipinski definition) is 6. The second kappa shape index (κ2) is 10.6. The number of pyridine rings is 1. The maximum atomic E-state index is 12.8. The summed E-state index contributed by atoms with van der Waals surface area (Å²) in [6, 6.07) is 17.8. The Morgan fingerprint density at radius 2 is 1.88 bits per heavy atom. The van der Waals surface area contributed by atoms with E-state index in [1.54, 1.807) is 48.7 Å². The lowest BCUT2D eigenvalue weighted by molar-refractivity contribution is 0.0949. The monoisotopic (exact) mass is 446 g/mol. The topological polar surface area (TPSA) is 107 Å². The number of carbonyl (C=O) groups excluding carboxylic acids is 2. The van der Waals surface area contributed by atoms with Crippen LogP contribution in [-0.4, -0.2) is 43.1 Å². The zero-order valence-corrected chi connectivity index (χ0v) is 18.2. The number of benzene rings is 2. The highest BCUT2D eigenvalue weighted by Gasteiger charge is 2.16. The van der Waals surface area contributed by atoms with Crippen LogP contribution in [0.2, 0.25) is 0 Å². The van der Waals surface area contributed by atoms with Crippen LogP contribution < -0.4 is 20.7 Å². The van der Waals surface area contributed by atoms with Crippen molar-refractivity contribution in [3.63, 3.8) is 0 Å². The summed E-state index contributed by atoms with van der Waals surface area (Å²) < 4.78 is 11.2. The molecule has 0 saturated carbocycles. The molecule has 0 unspecified atom stereocenters. The number of ether oxygens (including phenoxy) is 2. The molecule has 1 saturated heterocycles. The van der Waals surface area contributed by atoms with Crippen molar-refractivity contribution in [3.05, 3.63) is 89.1 Å². The van der Waals surface area contributed by atoms with Crippen molar-refractivity contribution in [2.45, 2.75) is 13.2 Å². The first-order chi connectivity index (χ1) is 16.1. The first-order valence-corrected chi connectivity index (χ1v) is 10.8. The molecule has 1 aliphatic heterocycles. The summed E-state index contributed by atoms with van der Waals surface area (Å²) in [5.74, 6) is 0.542. The Kier molecular flexibility index (Phi) is 7.16. The van der Waals surface area contributed by atoms with Crippen molar-refractivity contribution in [3.8, 4) is 5.75 Å². The highest BCUT2D eigenvalue weighted by atomic mass is 16.5. The number of anilines is 1. The maximum Gasteiger partial charge on any atom is 0.252 e. The Balaban J connectivity index is 1.39. The molecular formula is C25H26N4O4. The first-order valence-electron chi connectivity index (χ1n) is 10.8. The fourth-order valence-corrected chi connectivity index (χ4v) is 3.67. The summed E-state index contributed by atoms with van der Waals surface area (Å²) in [5, 5.41) is 2.98. The van der Waals surface area contributed by atoms with E-state index in [0.717, 1.165) is 30.0 Å². The summed E-state index contributed by atoms with van der Waals surface area (Å²) in [5.41, 5.74) is 8.00. The number of nitrogens with one attached hydrogen (secondary N) is 1. The number of para-hydroxylation sites is 1. The summed E-state index contributed by atoms with van der Waals surface area (Å²) in [6.45, 7) is 3.46. The molecule has 0 spiro atoms. The number of aromatic nitrogens is 1. The third-order valence-electron chi connectivity index (χ3n) is 5.35. The average molecular weight is 447 g/mol. The predicted molar refractivity (Wildman–Crippen MR) is 124 cm³/mol. The Labute approximate surface area is 192 Å². The van der Waals surface area contributed by atoms with Crippen molar-refractivity contribution in [2.24, 2.45) is 5.73 Å². The van der Waals surface area contributed by atoms with Crippen LogP contribution in [0, 0.1) is 0 Å². The zero-order valence-electron chi connectivity index (χ0n) is 18.2. The third kappa shape index (κ3) is 5.67. The van der Waals surface area contributed by atoms with Crippen LogP contribution >= 0.6 is 0 Å². The van der Waals surface area contributed by atoms with Crippen molar-refractivity contribution in [1.29, 1.82) is 0 Å². The highest BCUT2D eigenvalue weighted by molar-refractivity contribution is 5.95. The normalized spacial score (nSPS) is 13.4. The summed E-state index contributed by atoms with van der Waals surface area (Å²) in [7, 11) is 0. The van der Waals surface area contributed by atoms with Gasteiger partial charge in [-0.15, -0.1) is 0 Å². The molecule has 33 heavy (non-hydrogen) atoms. The molecule has 8 heteroatoms. The number of carbonyl (C=O) groups is 2. The summed E-state index contributed by atoms with van der Waals surface area (Å²) in [4.78, 5) is 31.1. The van der Waals surface area contributed by atoms with Crippen LogP contribution in [0.25, 0.3) is 0 Å². The van der Waals surface area contributed by atoms with Gasteiger partial charge in [-0.2, -0.15) is 0 Å². The van der Waals surface area contributed by atoms with E-state index in [1.807, 2.05) is 18.2 Å². The zero-order chi connectivity index (χ0) is 23.0. The quantitative estimate of drug-likeness (QED) is 0.551. The van der Waals surface area contributed by atoms with Crippen LogP contribution in [0.3, 0.4) is 0 Å². The lowest BCUT2D eigenvalue weighted by Crippen LogP contribution is -2.37. The van der Waals surface area contributed by atoms with E-state index in [-0.39, 0.29) is 12.5 Å². The second-order valence-corrected chi connectivity index (χ2v) is 7.62. The van der Waals surface area contributed by atoms with Crippen molar-refractivity contribution in [2.75, 3.05) is 31.2 Å². The van der Waals surface area contributed by atoms with E-state index >= 15 is 0 Å². The van der Waals surface area contributed by atoms with Crippen LogP contribution in [0.5, 0.6) is 5.75 Å². The minimum atomic E-state index is -0.550. The number of morpholine rings is 1. The first kappa shape index (κ1) is 22.3. The van der Waals surface area contributed by atoms with Gasteiger partial charge < -0.3 is 25.4 Å². The SMILES string of the molecule is NC(=O)c1ccccc1OCc1cccc(C(=O)NCc2cccnc2N2CCOCC2)c1. The van der Waals surface area contributed by atoms with Gasteiger partial charge in [0.2, 0.25) is 0 Å². The minimum Gasteiger partial charge on any atom is -0.488 e. The molecule has 0 atom stereocenters. The molecule has 0 radical (unpaired) electrons. The van der Waals surface area contributed by atoms with Gasteiger partial charge in [0, 0.05) is 37.0 Å². The van der Waals surface area contributed by atoms with Gasteiger partial charge in [-0.25, -0.2) is 4.98 Å². The van der Waals surface area contributed by atoms with Crippen molar-refractivity contribution < 1.29 is 19.1 Å². The lowest BCUT2D eigenvalue weighted by atomic mass is 10.1. The number of rotatable bonds is 8. The van der Waals surface area contributed by atoms with E-state index in [0.29, 0.717) is 36.6 Å². The van der Waals surface area contributed by atoms with Crippen LogP contribution in [-0.2, 0) is 17.9 Å². The van der Waals surface area contributed by atoms with Crippen molar-refractivity contribution in [1.82, 2.24) is 10.3 Å². The molecular weight excluding hydrogens is 420 g/mol. The Morgan fingerprint density at radius 1 is 1.06 bits per heavy atom. The molecule has 8 nitrogen and oxygen atoms in total. The van der Waals surface area contributed by atoms with Gasteiger partial charge in [0.1, 0.15) is 18.2 Å². The number of primary amides is 1. The van der Waals surface area contributed by atoms with E-state index in [1.165, 1.54) is 0 Å². The van der Waals surface area contributed by atoms with E-state index in [4.69, 9.17) is 15.2 Å². The largest absolute Gasteiger partial charge is 0.488 e. The minimum absolute atomic E-state index is 0.189. The number of nitrogens with zero attached hydrogens (tertiary/aromatic N) is 2. The Bertz CT molecular complexity index is 1130. The van der Waals surface area contributed by atoms with Crippen molar-refractivity contribution >= 4 is 17.6 Å². The molecule has 4 rings (SSSR count). The average Bonchev–Trinajstić information content (AvgIpc) is 2.87. The van der Waals surface area contributed by atoms with Gasteiger partial charge in [0.15, 0.2) is 0 Å². The summed E-state index contributed by atoms with van der Waals surface area (Å²) in [6.07, 6.45) is 1.76. The molecule has 3 aromatic rings. The molecule has 3 N–H and O–H groups in total. The van der Waals surface area contributed by atoms with Gasteiger partial charge in [-0.3, -0.25) is 9.59 Å². The highest BCUT2D eigenvalue weighted by Crippen LogP contribution is 2.20. The van der Waals surface area contributed by atoms with E-state index in [2.05, 4.69) is 15.2 Å². The van der Waals surface area contributed by atoms with Crippen LogP contribution in [0.15, 0.2) is 66.9 Å². The van der Waals surface area contributed by atoms with Gasteiger partial charge in [-0.1, -0.05) is 30.3 Å². The molecule has 1 aromatic heterocycles. The third-order valence-corrected chi connectivity index (χ3v) is 5.35. The molecule has 2 heterocycles. The van der Waals surface area contributed by atoms with E-state index < -0.39 is 5.91 Å². The molecule has 170 valence electrons. The second-order valence-electron chi connectivity index (χ2n) is 7.62. The Hall–Kier alpha value is -3.91. The fourth-order valence-electron chi connectivity index (χ4n) is 3.67. The van der Waals surface area contributed by atoms with Crippen LogP contribution in [0.4, 0.5) is 5.82 Å². The van der Waals surface area contributed by atoms with E-state index in [9.17, 15) is 9.59 Å². The molecule has 1 fully saturated rings.